The summed E-state index contributed by atoms with van der Waals surface area (Å²) >= 11 is 3.53. The van der Waals surface area contributed by atoms with Crippen molar-refractivity contribution in [1.82, 2.24) is 4.98 Å². The Kier molecular flexibility index (Phi) is 3.55. The number of H-pyrrole nitrogens is 1. The topological polar surface area (TPSA) is 44.9 Å². The highest BCUT2D eigenvalue weighted by Crippen LogP contribution is 2.25. The number of aryl methyl sites for hydroxylation is 2. The van der Waals surface area contributed by atoms with Crippen LogP contribution in [0, 0.1) is 13.8 Å². The molecular formula is C17H15BrN2O. The number of carbonyl (C=O) groups excluding carboxylic acids is 1. The third kappa shape index (κ3) is 2.72. The summed E-state index contributed by atoms with van der Waals surface area (Å²) in [6.45, 7) is 4.02. The summed E-state index contributed by atoms with van der Waals surface area (Å²) in [5, 5.41) is 3.97. The number of nitrogens with one attached hydrogen (secondary N) is 2. The summed E-state index contributed by atoms with van der Waals surface area (Å²) in [7, 11) is 0. The second-order valence-corrected chi connectivity index (χ2v) is 5.94. The molecule has 4 heteroatoms. The highest BCUT2D eigenvalue weighted by molar-refractivity contribution is 9.10. The van der Waals surface area contributed by atoms with E-state index in [0.717, 1.165) is 32.2 Å². The van der Waals surface area contributed by atoms with Gasteiger partial charge in [-0.25, -0.2) is 0 Å². The van der Waals surface area contributed by atoms with Crippen molar-refractivity contribution < 1.29 is 4.79 Å². The van der Waals surface area contributed by atoms with Crippen LogP contribution in [0.25, 0.3) is 10.9 Å². The minimum absolute atomic E-state index is 0.132. The van der Waals surface area contributed by atoms with Crippen LogP contribution in [0.4, 0.5) is 5.69 Å². The highest BCUT2D eigenvalue weighted by atomic mass is 79.9. The third-order valence-corrected chi connectivity index (χ3v) is 4.72. The van der Waals surface area contributed by atoms with Crippen molar-refractivity contribution in [3.05, 3.63) is 63.8 Å². The molecule has 106 valence electrons. The summed E-state index contributed by atoms with van der Waals surface area (Å²) in [5.41, 5.74) is 4.53. The minimum Gasteiger partial charge on any atom is -0.351 e. The lowest BCUT2D eigenvalue weighted by Gasteiger charge is -2.09. The molecule has 0 aliphatic heterocycles. The predicted octanol–water partition coefficient (Wildman–Crippen LogP) is 4.80. The van der Waals surface area contributed by atoms with E-state index in [1.807, 2.05) is 56.3 Å². The zero-order valence-electron chi connectivity index (χ0n) is 11.8. The first kappa shape index (κ1) is 13.9. The van der Waals surface area contributed by atoms with Gasteiger partial charge in [0.1, 0.15) is 5.69 Å². The van der Waals surface area contributed by atoms with E-state index in [1.165, 1.54) is 0 Å². The van der Waals surface area contributed by atoms with Gasteiger partial charge < -0.3 is 10.3 Å². The molecule has 0 unspecified atom stereocenters. The van der Waals surface area contributed by atoms with Gasteiger partial charge in [-0.3, -0.25) is 4.79 Å². The fourth-order valence-corrected chi connectivity index (χ4v) is 2.64. The van der Waals surface area contributed by atoms with Crippen molar-refractivity contribution in [3.8, 4) is 0 Å². The Morgan fingerprint density at radius 3 is 2.43 bits per heavy atom. The molecule has 0 atom stereocenters. The molecule has 0 spiro atoms. The van der Waals surface area contributed by atoms with Gasteiger partial charge in [0.15, 0.2) is 0 Å². The number of carbonyl (C=O) groups is 1. The minimum atomic E-state index is -0.132. The Bertz CT molecular complexity index is 780. The van der Waals surface area contributed by atoms with Crippen LogP contribution < -0.4 is 5.32 Å². The molecule has 21 heavy (non-hydrogen) atoms. The first-order valence-electron chi connectivity index (χ1n) is 6.70. The highest BCUT2D eigenvalue weighted by Gasteiger charge is 2.11. The molecule has 2 aromatic carbocycles. The number of hydrogen-bond donors (Lipinski definition) is 2. The molecular weight excluding hydrogens is 328 g/mol. The van der Waals surface area contributed by atoms with Crippen molar-refractivity contribution >= 4 is 38.4 Å². The number of rotatable bonds is 2. The summed E-state index contributed by atoms with van der Waals surface area (Å²) in [6.07, 6.45) is 0. The summed E-state index contributed by atoms with van der Waals surface area (Å²) in [6, 6.07) is 13.6. The van der Waals surface area contributed by atoms with E-state index in [1.54, 1.807) is 0 Å². The third-order valence-electron chi connectivity index (χ3n) is 3.47. The van der Waals surface area contributed by atoms with E-state index < -0.39 is 0 Å². The van der Waals surface area contributed by atoms with Gasteiger partial charge in [0.25, 0.3) is 5.91 Å². The monoisotopic (exact) mass is 342 g/mol. The molecule has 1 aromatic heterocycles. The fraction of sp³-hybridized carbons (Fsp3) is 0.118. The second-order valence-electron chi connectivity index (χ2n) is 5.15. The molecule has 0 bridgehead atoms. The first-order chi connectivity index (χ1) is 10.0. The van der Waals surface area contributed by atoms with Crippen molar-refractivity contribution in [2.45, 2.75) is 13.8 Å². The van der Waals surface area contributed by atoms with Crippen LogP contribution in [-0.4, -0.2) is 10.9 Å². The lowest BCUT2D eigenvalue weighted by molar-refractivity contribution is 0.102. The summed E-state index contributed by atoms with van der Waals surface area (Å²) in [4.78, 5) is 15.5. The summed E-state index contributed by atoms with van der Waals surface area (Å²) in [5.74, 6) is -0.132. The van der Waals surface area contributed by atoms with Crippen LogP contribution in [-0.2, 0) is 0 Å². The maximum absolute atomic E-state index is 12.3. The fourth-order valence-electron chi connectivity index (χ4n) is 2.41. The molecule has 1 amide bonds. The normalized spacial score (nSPS) is 10.8. The van der Waals surface area contributed by atoms with Gasteiger partial charge in [-0.2, -0.15) is 0 Å². The second kappa shape index (κ2) is 5.37. The smallest absolute Gasteiger partial charge is 0.272 e. The Morgan fingerprint density at radius 1 is 1.10 bits per heavy atom. The number of aromatic amines is 1. The largest absolute Gasteiger partial charge is 0.351 e. The molecule has 1 heterocycles. The van der Waals surface area contributed by atoms with Crippen LogP contribution in [0.1, 0.15) is 21.6 Å². The van der Waals surface area contributed by atoms with Gasteiger partial charge in [0, 0.05) is 21.1 Å². The van der Waals surface area contributed by atoms with Crippen LogP contribution in [0.3, 0.4) is 0 Å². The van der Waals surface area contributed by atoms with Crippen molar-refractivity contribution in [2.24, 2.45) is 0 Å². The number of benzene rings is 2. The van der Waals surface area contributed by atoms with E-state index >= 15 is 0 Å². The predicted molar refractivity (Wildman–Crippen MR) is 89.9 cm³/mol. The standard InChI is InChI=1S/C17H15BrN2O/c1-10-7-13(8-11(2)16(10)18)19-17(21)15-9-12-5-3-4-6-14(12)20-15/h3-9,20H,1-2H3,(H,19,21). The van der Waals surface area contributed by atoms with E-state index in [4.69, 9.17) is 0 Å². The lowest BCUT2D eigenvalue weighted by Crippen LogP contribution is -2.12. The van der Waals surface area contributed by atoms with E-state index in [-0.39, 0.29) is 5.91 Å². The lowest BCUT2D eigenvalue weighted by atomic mass is 10.1. The molecule has 0 radical (unpaired) electrons. The van der Waals surface area contributed by atoms with Gasteiger partial charge in [-0.15, -0.1) is 0 Å². The number of fused-ring (bicyclic) bond motifs is 1. The molecule has 0 saturated carbocycles. The zero-order valence-corrected chi connectivity index (χ0v) is 13.4. The van der Waals surface area contributed by atoms with E-state index in [2.05, 4.69) is 26.2 Å². The van der Waals surface area contributed by atoms with Crippen molar-refractivity contribution in [1.29, 1.82) is 0 Å². The molecule has 3 aromatic rings. The van der Waals surface area contributed by atoms with Crippen LogP contribution in [0.2, 0.25) is 0 Å². The Balaban J connectivity index is 1.89. The van der Waals surface area contributed by atoms with Gasteiger partial charge in [-0.05, 0) is 49.2 Å². The maximum Gasteiger partial charge on any atom is 0.272 e. The molecule has 0 fully saturated rings. The van der Waals surface area contributed by atoms with Crippen molar-refractivity contribution in [2.75, 3.05) is 5.32 Å². The Hall–Kier alpha value is -2.07. The number of anilines is 1. The number of halogens is 1. The number of amides is 1. The van der Waals surface area contributed by atoms with Gasteiger partial charge in [0.2, 0.25) is 0 Å². The first-order valence-corrected chi connectivity index (χ1v) is 7.50. The average Bonchev–Trinajstić information content (AvgIpc) is 2.88. The SMILES string of the molecule is Cc1cc(NC(=O)c2cc3ccccc3[nH]2)cc(C)c1Br. The van der Waals surface area contributed by atoms with Crippen LogP contribution in [0.15, 0.2) is 46.9 Å². The Morgan fingerprint density at radius 2 is 1.76 bits per heavy atom. The maximum atomic E-state index is 12.3. The average molecular weight is 343 g/mol. The van der Waals surface area contributed by atoms with Crippen molar-refractivity contribution in [3.63, 3.8) is 0 Å². The number of aromatic nitrogens is 1. The van der Waals surface area contributed by atoms with Crippen LogP contribution in [0.5, 0.6) is 0 Å². The van der Waals surface area contributed by atoms with Gasteiger partial charge >= 0.3 is 0 Å². The Labute approximate surface area is 131 Å². The molecule has 3 nitrogen and oxygen atoms in total. The number of para-hydroxylation sites is 1. The van der Waals surface area contributed by atoms with Gasteiger partial charge in [-0.1, -0.05) is 34.1 Å². The number of hydrogen-bond acceptors (Lipinski definition) is 1. The zero-order chi connectivity index (χ0) is 15.0. The molecule has 0 aliphatic rings. The van der Waals surface area contributed by atoms with E-state index in [9.17, 15) is 4.79 Å². The quantitative estimate of drug-likeness (QED) is 0.690. The van der Waals surface area contributed by atoms with E-state index in [0.29, 0.717) is 5.69 Å². The molecule has 2 N–H and O–H groups in total. The summed E-state index contributed by atoms with van der Waals surface area (Å²) < 4.78 is 1.08. The van der Waals surface area contributed by atoms with Crippen LogP contribution >= 0.6 is 15.9 Å². The van der Waals surface area contributed by atoms with Gasteiger partial charge in [0.05, 0.1) is 0 Å². The molecule has 3 rings (SSSR count). The molecule has 0 saturated heterocycles. The molecule has 0 aliphatic carbocycles.